The van der Waals surface area contributed by atoms with E-state index in [0.29, 0.717) is 27.8 Å². The Morgan fingerprint density at radius 2 is 1.71 bits per heavy atom. The van der Waals surface area contributed by atoms with Crippen molar-refractivity contribution in [2.45, 2.75) is 72.6 Å². The zero-order chi connectivity index (χ0) is 22.6. The highest BCUT2D eigenvalue weighted by atomic mass is 32.1. The molecule has 0 unspecified atom stereocenters. The molecule has 1 amide bonds. The highest BCUT2D eigenvalue weighted by Gasteiger charge is 2.62. The third kappa shape index (κ3) is 3.79. The van der Waals surface area contributed by atoms with Crippen LogP contribution in [0.25, 0.3) is 0 Å². The van der Waals surface area contributed by atoms with Gasteiger partial charge in [0.1, 0.15) is 9.88 Å². The molecule has 1 aromatic rings. The van der Waals surface area contributed by atoms with E-state index >= 15 is 0 Å². The van der Waals surface area contributed by atoms with Gasteiger partial charge in [-0.2, -0.15) is 0 Å². The number of thiophene rings is 1. The summed E-state index contributed by atoms with van der Waals surface area (Å²) in [7, 11) is 1.31. The van der Waals surface area contributed by atoms with Crippen LogP contribution in [-0.2, 0) is 14.3 Å². The molecule has 4 bridgehead atoms. The summed E-state index contributed by atoms with van der Waals surface area (Å²) in [6, 6.07) is 0. The van der Waals surface area contributed by atoms with Gasteiger partial charge in [-0.1, -0.05) is 20.8 Å². The van der Waals surface area contributed by atoms with Gasteiger partial charge in [-0.25, -0.2) is 9.59 Å². The molecular formula is C24H33NO5S. The molecule has 1 aromatic heterocycles. The lowest BCUT2D eigenvalue weighted by Crippen LogP contribution is -2.58. The largest absolute Gasteiger partial charge is 0.465 e. The first-order valence-electron chi connectivity index (χ1n) is 11.2. The number of hydrogen-bond donors (Lipinski definition) is 1. The van der Waals surface area contributed by atoms with E-state index in [-0.39, 0.29) is 28.9 Å². The fourth-order valence-electron chi connectivity index (χ4n) is 7.34. The van der Waals surface area contributed by atoms with Crippen LogP contribution >= 0.6 is 11.3 Å². The minimum atomic E-state index is -0.512. The van der Waals surface area contributed by atoms with Gasteiger partial charge in [-0.3, -0.25) is 4.79 Å². The average molecular weight is 448 g/mol. The molecule has 2 atom stereocenters. The summed E-state index contributed by atoms with van der Waals surface area (Å²) in [5.74, 6) is -0.453. The first-order chi connectivity index (χ1) is 14.5. The predicted octanol–water partition coefficient (Wildman–Crippen LogP) is 5.35. The van der Waals surface area contributed by atoms with E-state index in [1.54, 1.807) is 6.92 Å². The number of anilines is 1. The first-order valence-corrected chi connectivity index (χ1v) is 12.1. The summed E-state index contributed by atoms with van der Waals surface area (Å²) in [4.78, 5) is 39.1. The van der Waals surface area contributed by atoms with Gasteiger partial charge in [-0.15, -0.1) is 11.3 Å². The second kappa shape index (κ2) is 7.61. The number of carbonyl (C=O) groups excluding carboxylic acids is 3. The standard InChI is InChI=1S/C24H33NO5S/c1-6-7-30-19(26)16-14(2)17(20(27)29-5)31-18(16)25-21(28)24-10-15-8-22(3,12-24)11-23(4,9-15)13-24/h15H,6-13H2,1-5H3,(H,25,28)/t15?,22-,23-,24?/m0/s1. The van der Waals surface area contributed by atoms with Crippen LogP contribution < -0.4 is 5.32 Å². The molecular weight excluding hydrogens is 414 g/mol. The number of methoxy groups -OCH3 is 1. The topological polar surface area (TPSA) is 81.7 Å². The Labute approximate surface area is 188 Å². The molecule has 7 heteroatoms. The molecule has 0 radical (unpaired) electrons. The summed E-state index contributed by atoms with van der Waals surface area (Å²) in [5.41, 5.74) is 0.775. The number of rotatable bonds is 6. The van der Waals surface area contributed by atoms with E-state index in [9.17, 15) is 14.4 Å². The third-order valence-corrected chi connectivity index (χ3v) is 8.68. The quantitative estimate of drug-likeness (QED) is 0.595. The van der Waals surface area contributed by atoms with Crippen LogP contribution in [0, 0.1) is 29.1 Å². The summed E-state index contributed by atoms with van der Waals surface area (Å²) < 4.78 is 10.2. The summed E-state index contributed by atoms with van der Waals surface area (Å²) >= 11 is 1.10. The summed E-state index contributed by atoms with van der Waals surface area (Å²) in [6.07, 6.45) is 6.98. The van der Waals surface area contributed by atoms with E-state index in [0.717, 1.165) is 30.6 Å². The van der Waals surface area contributed by atoms with E-state index in [2.05, 4.69) is 19.2 Å². The van der Waals surface area contributed by atoms with E-state index in [1.165, 1.54) is 26.4 Å². The third-order valence-electron chi connectivity index (χ3n) is 7.49. The second-order valence-corrected chi connectivity index (χ2v) is 11.8. The molecule has 1 heterocycles. The number of ether oxygens (including phenoxy) is 2. The molecule has 5 rings (SSSR count). The Balaban J connectivity index is 1.66. The molecule has 4 aliphatic carbocycles. The van der Waals surface area contributed by atoms with Gasteiger partial charge >= 0.3 is 11.9 Å². The van der Waals surface area contributed by atoms with Gasteiger partial charge in [0.05, 0.1) is 24.7 Å². The predicted molar refractivity (Wildman–Crippen MR) is 119 cm³/mol. The van der Waals surface area contributed by atoms with Crippen molar-refractivity contribution in [3.8, 4) is 0 Å². The van der Waals surface area contributed by atoms with E-state index in [1.807, 2.05) is 6.92 Å². The Morgan fingerprint density at radius 3 is 2.26 bits per heavy atom. The SMILES string of the molecule is CCCOC(=O)c1c(NC(=O)C23CC4C[C@](C)(C2)C[C@](C)(C4)C3)sc(C(=O)OC)c1C. The van der Waals surface area contributed by atoms with Crippen LogP contribution in [0.1, 0.15) is 91.3 Å². The number of hydrogen-bond acceptors (Lipinski definition) is 6. The van der Waals surface area contributed by atoms with Crippen molar-refractivity contribution in [1.82, 2.24) is 0 Å². The van der Waals surface area contributed by atoms with Crippen molar-refractivity contribution in [1.29, 1.82) is 0 Å². The van der Waals surface area contributed by atoms with Crippen molar-refractivity contribution in [2.24, 2.45) is 22.2 Å². The van der Waals surface area contributed by atoms with Crippen LogP contribution in [0.4, 0.5) is 5.00 Å². The molecule has 4 saturated carbocycles. The highest BCUT2D eigenvalue weighted by Crippen LogP contribution is 2.69. The van der Waals surface area contributed by atoms with Gasteiger partial charge < -0.3 is 14.8 Å². The van der Waals surface area contributed by atoms with Gasteiger partial charge in [0, 0.05) is 0 Å². The minimum Gasteiger partial charge on any atom is -0.465 e. The Morgan fingerprint density at radius 1 is 1.06 bits per heavy atom. The van der Waals surface area contributed by atoms with Crippen LogP contribution in [-0.4, -0.2) is 31.6 Å². The molecule has 170 valence electrons. The van der Waals surface area contributed by atoms with E-state index in [4.69, 9.17) is 9.47 Å². The molecule has 0 saturated heterocycles. The first kappa shape index (κ1) is 22.3. The maximum Gasteiger partial charge on any atom is 0.348 e. The number of esters is 2. The molecule has 1 N–H and O–H groups in total. The van der Waals surface area contributed by atoms with Gasteiger partial charge in [-0.05, 0) is 74.2 Å². The van der Waals surface area contributed by atoms with Gasteiger partial charge in [0.15, 0.2) is 0 Å². The Bertz CT molecular complexity index is 917. The van der Waals surface area contributed by atoms with Gasteiger partial charge in [0.2, 0.25) is 5.91 Å². The smallest absolute Gasteiger partial charge is 0.348 e. The normalized spacial score (nSPS) is 33.3. The zero-order valence-corrected chi connectivity index (χ0v) is 20.0. The summed E-state index contributed by atoms with van der Waals surface area (Å²) in [5, 5.41) is 3.47. The maximum absolute atomic E-state index is 13.7. The fourth-order valence-corrected chi connectivity index (χ4v) is 8.45. The molecule has 0 aromatic carbocycles. The highest BCUT2D eigenvalue weighted by molar-refractivity contribution is 7.18. The second-order valence-electron chi connectivity index (χ2n) is 10.8. The van der Waals surface area contributed by atoms with Crippen molar-refractivity contribution in [2.75, 3.05) is 19.0 Å². The van der Waals surface area contributed by atoms with Crippen molar-refractivity contribution >= 4 is 34.2 Å². The summed E-state index contributed by atoms with van der Waals surface area (Å²) in [6.45, 7) is 8.57. The molecule has 4 aliphatic rings. The number of nitrogens with one attached hydrogen (secondary N) is 1. The van der Waals surface area contributed by atoms with E-state index < -0.39 is 17.4 Å². The lowest BCUT2D eigenvalue weighted by Gasteiger charge is -2.64. The Kier molecular flexibility index (Phi) is 5.48. The number of carbonyl (C=O) groups is 3. The molecule has 0 spiro atoms. The molecule has 4 fully saturated rings. The van der Waals surface area contributed by atoms with Crippen LogP contribution in [0.3, 0.4) is 0 Å². The maximum atomic E-state index is 13.7. The Hall–Kier alpha value is -1.89. The van der Waals surface area contributed by atoms with Gasteiger partial charge in [0.25, 0.3) is 0 Å². The molecule has 6 nitrogen and oxygen atoms in total. The molecule has 0 aliphatic heterocycles. The minimum absolute atomic E-state index is 0.0174. The lowest BCUT2D eigenvalue weighted by molar-refractivity contribution is -0.165. The van der Waals surface area contributed by atoms with Crippen LogP contribution in [0.5, 0.6) is 0 Å². The monoisotopic (exact) mass is 447 g/mol. The van der Waals surface area contributed by atoms with Crippen LogP contribution in [0.15, 0.2) is 0 Å². The fraction of sp³-hybridized carbons (Fsp3) is 0.708. The van der Waals surface area contributed by atoms with Crippen LogP contribution in [0.2, 0.25) is 0 Å². The number of amides is 1. The van der Waals surface area contributed by atoms with Crippen molar-refractivity contribution in [3.05, 3.63) is 16.0 Å². The van der Waals surface area contributed by atoms with Crippen molar-refractivity contribution in [3.63, 3.8) is 0 Å². The average Bonchev–Trinajstić information content (AvgIpc) is 2.98. The molecule has 31 heavy (non-hydrogen) atoms. The lowest BCUT2D eigenvalue weighted by atomic mass is 9.40. The zero-order valence-electron chi connectivity index (χ0n) is 19.2. The van der Waals surface area contributed by atoms with Crippen molar-refractivity contribution < 1.29 is 23.9 Å².